The molecule has 0 saturated heterocycles. The number of halogens is 5. The maximum atomic E-state index is 12.4. The Hall–Kier alpha value is 0.300. The number of rotatable bonds is 2. The molecule has 0 heterocycles. The Morgan fingerprint density at radius 2 is 1.80 bits per heavy atom. The van der Waals surface area contributed by atoms with E-state index in [-0.39, 0.29) is 0 Å². The number of allylic oxidation sites excluding steroid dienone is 2. The van der Waals surface area contributed by atoms with Gasteiger partial charge in [0.05, 0.1) is 0 Å². The molecule has 0 saturated carbocycles. The van der Waals surface area contributed by atoms with Gasteiger partial charge in [-0.3, -0.25) is 0 Å². The highest BCUT2D eigenvalue weighted by Crippen LogP contribution is 2.42. The predicted octanol–water partition coefficient (Wildman–Crippen LogP) is 3.27. The van der Waals surface area contributed by atoms with Crippen molar-refractivity contribution in [1.29, 1.82) is 0 Å². The van der Waals surface area contributed by atoms with Crippen molar-refractivity contribution >= 4 is 27.5 Å². The third-order valence-electron chi connectivity index (χ3n) is 0.705. The maximum absolute atomic E-state index is 12.4. The van der Waals surface area contributed by atoms with Crippen molar-refractivity contribution in [2.75, 3.05) is 0 Å². The van der Waals surface area contributed by atoms with Crippen molar-refractivity contribution in [3.63, 3.8) is 0 Å². The summed E-state index contributed by atoms with van der Waals surface area (Å²) in [6, 6.07) is 0. The monoisotopic (exact) mass is 235 g/mol. The Labute approximate surface area is 70.2 Å². The van der Waals surface area contributed by atoms with E-state index >= 15 is 0 Å². The van der Waals surface area contributed by atoms with E-state index in [9.17, 15) is 13.2 Å². The molecule has 5 heteroatoms. The van der Waals surface area contributed by atoms with Crippen LogP contribution in [-0.4, -0.2) is 9.96 Å². The first kappa shape index (κ1) is 10.3. The van der Waals surface area contributed by atoms with E-state index in [2.05, 4.69) is 6.92 Å². The van der Waals surface area contributed by atoms with Gasteiger partial charge in [0.1, 0.15) is 0 Å². The van der Waals surface area contributed by atoms with Crippen LogP contribution in [0.3, 0.4) is 0 Å². The van der Waals surface area contributed by atoms with Crippen molar-refractivity contribution < 1.29 is 13.2 Å². The molecule has 0 fully saturated rings. The van der Waals surface area contributed by atoms with Crippen LogP contribution in [0, 0.1) is 6.92 Å². The third-order valence-corrected chi connectivity index (χ3v) is 1.87. The highest BCUT2D eigenvalue weighted by Gasteiger charge is 2.49. The highest BCUT2D eigenvalue weighted by atomic mass is 79.9. The van der Waals surface area contributed by atoms with E-state index in [1.165, 1.54) is 0 Å². The van der Waals surface area contributed by atoms with Gasteiger partial charge in [0.15, 0.2) is 0 Å². The topological polar surface area (TPSA) is 0 Å². The predicted molar refractivity (Wildman–Crippen MR) is 38.1 cm³/mol. The summed E-state index contributed by atoms with van der Waals surface area (Å²) in [5.74, 6) is 0. The van der Waals surface area contributed by atoms with Crippen LogP contribution in [0.2, 0.25) is 0 Å². The van der Waals surface area contributed by atoms with Crippen LogP contribution in [0.1, 0.15) is 0 Å². The van der Waals surface area contributed by atoms with Gasteiger partial charge in [-0.05, 0) is 28.9 Å². The molecule has 0 aliphatic rings. The SMILES string of the molecule is [CH2]/C=C/C(F)(Cl)C(F)(F)Br. The lowest BCUT2D eigenvalue weighted by Gasteiger charge is -2.18. The molecule has 10 heavy (non-hydrogen) atoms. The molecule has 0 bridgehead atoms. The average molecular weight is 236 g/mol. The molecule has 0 aliphatic carbocycles. The van der Waals surface area contributed by atoms with Crippen molar-refractivity contribution in [3.8, 4) is 0 Å². The molecule has 1 radical (unpaired) electrons. The second kappa shape index (κ2) is 3.13. The maximum Gasteiger partial charge on any atom is 0.352 e. The summed E-state index contributed by atoms with van der Waals surface area (Å²) in [6.45, 7) is 3.03. The van der Waals surface area contributed by atoms with E-state index in [0.29, 0.717) is 6.08 Å². The molecular weight excluding hydrogens is 232 g/mol. The van der Waals surface area contributed by atoms with Crippen LogP contribution in [0.15, 0.2) is 12.2 Å². The van der Waals surface area contributed by atoms with E-state index in [4.69, 9.17) is 11.6 Å². The lowest BCUT2D eigenvalue weighted by atomic mass is 10.3. The molecule has 59 valence electrons. The Morgan fingerprint density at radius 3 is 1.90 bits per heavy atom. The largest absolute Gasteiger partial charge is 0.352 e. The molecule has 0 aromatic rings. The molecule has 1 unspecified atom stereocenters. The Bertz CT molecular complexity index is 138. The highest BCUT2D eigenvalue weighted by molar-refractivity contribution is 9.10. The zero-order valence-corrected chi connectivity index (χ0v) is 7.09. The van der Waals surface area contributed by atoms with Gasteiger partial charge in [0.25, 0.3) is 5.13 Å². The molecular formula is C5H4BrClF3. The normalized spacial score (nSPS) is 19.4. The summed E-state index contributed by atoms with van der Waals surface area (Å²) in [5, 5.41) is -3.20. The summed E-state index contributed by atoms with van der Waals surface area (Å²) >= 11 is 6.50. The number of hydrogen-bond acceptors (Lipinski definition) is 0. The quantitative estimate of drug-likeness (QED) is 0.646. The van der Waals surface area contributed by atoms with E-state index < -0.39 is 9.96 Å². The van der Waals surface area contributed by atoms with Crippen LogP contribution in [-0.2, 0) is 0 Å². The van der Waals surface area contributed by atoms with E-state index in [1.54, 1.807) is 15.9 Å². The summed E-state index contributed by atoms with van der Waals surface area (Å²) in [5.41, 5.74) is 0. The first-order chi connectivity index (χ1) is 4.31. The van der Waals surface area contributed by atoms with Gasteiger partial charge in [0.2, 0.25) is 0 Å². The first-order valence-electron chi connectivity index (χ1n) is 2.23. The van der Waals surface area contributed by atoms with Gasteiger partial charge in [-0.15, -0.1) is 0 Å². The molecule has 0 amide bonds. The number of hydrogen-bond donors (Lipinski definition) is 0. The Kier molecular flexibility index (Phi) is 3.23. The Morgan fingerprint density at radius 1 is 1.40 bits per heavy atom. The van der Waals surface area contributed by atoms with Gasteiger partial charge in [-0.25, -0.2) is 4.39 Å². The zero-order valence-electron chi connectivity index (χ0n) is 4.75. The summed E-state index contributed by atoms with van der Waals surface area (Å²) in [4.78, 5) is -3.77. The van der Waals surface area contributed by atoms with Crippen LogP contribution >= 0.6 is 27.5 Å². The summed E-state index contributed by atoms with van der Waals surface area (Å²) in [7, 11) is 0. The fourth-order valence-electron chi connectivity index (χ4n) is 0.243. The molecule has 0 aromatic heterocycles. The fraction of sp³-hybridized carbons (Fsp3) is 0.400. The van der Waals surface area contributed by atoms with Crippen LogP contribution in [0.25, 0.3) is 0 Å². The summed E-state index contributed by atoms with van der Waals surface area (Å²) in [6.07, 6.45) is 1.32. The minimum Gasteiger partial charge on any atom is -0.214 e. The molecule has 0 nitrogen and oxygen atoms in total. The van der Waals surface area contributed by atoms with Gasteiger partial charge < -0.3 is 0 Å². The second-order valence-corrected chi connectivity index (χ2v) is 3.07. The van der Waals surface area contributed by atoms with Crippen LogP contribution < -0.4 is 0 Å². The van der Waals surface area contributed by atoms with Crippen LogP contribution in [0.4, 0.5) is 13.2 Å². The fourth-order valence-corrected chi connectivity index (χ4v) is 0.464. The minimum atomic E-state index is -3.77. The average Bonchev–Trinajstić information content (AvgIpc) is 1.61. The van der Waals surface area contributed by atoms with Gasteiger partial charge in [0, 0.05) is 0 Å². The molecule has 0 aromatic carbocycles. The molecule has 0 N–H and O–H groups in total. The van der Waals surface area contributed by atoms with Crippen molar-refractivity contribution in [1.82, 2.24) is 0 Å². The van der Waals surface area contributed by atoms with Crippen molar-refractivity contribution in [2.45, 2.75) is 9.96 Å². The lowest BCUT2D eigenvalue weighted by Crippen LogP contribution is -2.31. The number of alkyl halides is 5. The molecule has 0 spiro atoms. The zero-order chi connectivity index (χ0) is 8.41. The van der Waals surface area contributed by atoms with Crippen LogP contribution in [0.5, 0.6) is 0 Å². The summed E-state index contributed by atoms with van der Waals surface area (Å²) < 4.78 is 36.5. The van der Waals surface area contributed by atoms with Crippen molar-refractivity contribution in [3.05, 3.63) is 19.1 Å². The Balaban J connectivity index is 4.40. The van der Waals surface area contributed by atoms with E-state index in [0.717, 1.165) is 6.08 Å². The van der Waals surface area contributed by atoms with Crippen molar-refractivity contribution in [2.24, 2.45) is 0 Å². The first-order valence-corrected chi connectivity index (χ1v) is 3.40. The van der Waals surface area contributed by atoms with Gasteiger partial charge >= 0.3 is 4.83 Å². The van der Waals surface area contributed by atoms with E-state index in [1.807, 2.05) is 0 Å². The van der Waals surface area contributed by atoms with Gasteiger partial charge in [-0.2, -0.15) is 8.78 Å². The van der Waals surface area contributed by atoms with Gasteiger partial charge in [-0.1, -0.05) is 17.7 Å². The minimum absolute atomic E-state index is 0.462. The lowest BCUT2D eigenvalue weighted by molar-refractivity contribution is 0.0218. The molecule has 0 rings (SSSR count). The smallest absolute Gasteiger partial charge is 0.214 e. The second-order valence-electron chi connectivity index (χ2n) is 1.52. The standard InChI is InChI=1S/C5H4BrClF3/c1-2-3-4(7,8)5(6,9)10/h2-3H,1H2/b3-2+. The third kappa shape index (κ3) is 2.50. The molecule has 1 atom stereocenters. The molecule has 0 aliphatic heterocycles.